The Hall–Kier alpha value is -0.610. The van der Waals surface area contributed by atoms with Crippen molar-refractivity contribution in [2.75, 3.05) is 27.2 Å². The Morgan fingerprint density at radius 1 is 1.50 bits per heavy atom. The van der Waals surface area contributed by atoms with E-state index in [1.807, 2.05) is 30.8 Å². The van der Waals surface area contributed by atoms with Crippen molar-refractivity contribution in [2.24, 2.45) is 0 Å². The Labute approximate surface area is 85.5 Å². The standard InChI is InChI=1S/C10H20N2O2/c1-8(7-13)11(2)6-10(14)12(3)9-4-5-9/h8-9,13H,4-7H2,1-3H3. The van der Waals surface area contributed by atoms with Crippen LogP contribution in [-0.2, 0) is 4.79 Å². The highest BCUT2D eigenvalue weighted by atomic mass is 16.3. The number of hydrogen-bond donors (Lipinski definition) is 1. The lowest BCUT2D eigenvalue weighted by Crippen LogP contribution is -2.42. The van der Waals surface area contributed by atoms with E-state index in [0.29, 0.717) is 12.6 Å². The van der Waals surface area contributed by atoms with Gasteiger partial charge in [0, 0.05) is 19.1 Å². The van der Waals surface area contributed by atoms with Gasteiger partial charge in [-0.2, -0.15) is 0 Å². The summed E-state index contributed by atoms with van der Waals surface area (Å²) >= 11 is 0. The first kappa shape index (κ1) is 11.5. The maximum absolute atomic E-state index is 11.7. The molecule has 1 saturated carbocycles. The zero-order valence-electron chi connectivity index (χ0n) is 9.23. The van der Waals surface area contributed by atoms with Crippen LogP contribution in [0.5, 0.6) is 0 Å². The average molecular weight is 200 g/mol. The van der Waals surface area contributed by atoms with Crippen molar-refractivity contribution in [3.05, 3.63) is 0 Å². The van der Waals surface area contributed by atoms with Crippen LogP contribution in [0, 0.1) is 0 Å². The van der Waals surface area contributed by atoms with Crippen LogP contribution in [0.15, 0.2) is 0 Å². The third kappa shape index (κ3) is 2.96. The van der Waals surface area contributed by atoms with Gasteiger partial charge < -0.3 is 10.0 Å². The van der Waals surface area contributed by atoms with E-state index in [0.717, 1.165) is 12.8 Å². The van der Waals surface area contributed by atoms with Gasteiger partial charge in [-0.05, 0) is 26.8 Å². The van der Waals surface area contributed by atoms with Gasteiger partial charge in [0.15, 0.2) is 0 Å². The molecule has 1 fully saturated rings. The zero-order chi connectivity index (χ0) is 10.7. The fourth-order valence-corrected chi connectivity index (χ4v) is 1.29. The lowest BCUT2D eigenvalue weighted by atomic mass is 10.3. The summed E-state index contributed by atoms with van der Waals surface area (Å²) in [5.41, 5.74) is 0. The molecule has 0 radical (unpaired) electrons. The molecular formula is C10H20N2O2. The maximum Gasteiger partial charge on any atom is 0.236 e. The third-order valence-electron chi connectivity index (χ3n) is 2.89. The number of carbonyl (C=O) groups is 1. The van der Waals surface area contributed by atoms with Gasteiger partial charge >= 0.3 is 0 Å². The molecule has 1 aliphatic carbocycles. The third-order valence-corrected chi connectivity index (χ3v) is 2.89. The Morgan fingerprint density at radius 2 is 2.07 bits per heavy atom. The molecule has 0 heterocycles. The van der Waals surface area contributed by atoms with Gasteiger partial charge in [0.1, 0.15) is 0 Å². The summed E-state index contributed by atoms with van der Waals surface area (Å²) in [6, 6.07) is 0.520. The largest absolute Gasteiger partial charge is 0.395 e. The molecule has 0 saturated heterocycles. The Balaban J connectivity index is 2.31. The molecule has 4 heteroatoms. The highest BCUT2D eigenvalue weighted by Gasteiger charge is 2.30. The van der Waals surface area contributed by atoms with Crippen LogP contribution in [0.4, 0.5) is 0 Å². The molecule has 0 aromatic heterocycles. The van der Waals surface area contributed by atoms with Gasteiger partial charge in [-0.15, -0.1) is 0 Å². The van der Waals surface area contributed by atoms with E-state index in [2.05, 4.69) is 0 Å². The second-order valence-corrected chi connectivity index (χ2v) is 4.18. The van der Waals surface area contributed by atoms with Crippen LogP contribution in [0.3, 0.4) is 0 Å². The van der Waals surface area contributed by atoms with Crippen LogP contribution in [0.25, 0.3) is 0 Å². The number of aliphatic hydroxyl groups excluding tert-OH is 1. The minimum absolute atomic E-state index is 0.0477. The molecule has 1 rings (SSSR count). The molecule has 1 unspecified atom stereocenters. The number of likely N-dealkylation sites (N-methyl/N-ethyl adjacent to an activating group) is 2. The van der Waals surface area contributed by atoms with Crippen LogP contribution in [0.1, 0.15) is 19.8 Å². The molecular weight excluding hydrogens is 180 g/mol. The van der Waals surface area contributed by atoms with Crippen LogP contribution < -0.4 is 0 Å². The van der Waals surface area contributed by atoms with Crippen molar-refractivity contribution < 1.29 is 9.90 Å². The van der Waals surface area contributed by atoms with Gasteiger partial charge in [-0.1, -0.05) is 0 Å². The molecule has 0 aromatic rings. The Bertz CT molecular complexity index is 204. The summed E-state index contributed by atoms with van der Waals surface area (Å²) in [7, 11) is 3.72. The van der Waals surface area contributed by atoms with E-state index >= 15 is 0 Å². The van der Waals surface area contributed by atoms with Gasteiger partial charge in [0.2, 0.25) is 5.91 Å². The monoisotopic (exact) mass is 200 g/mol. The topological polar surface area (TPSA) is 43.8 Å². The maximum atomic E-state index is 11.7. The van der Waals surface area contributed by atoms with Crippen molar-refractivity contribution in [2.45, 2.75) is 31.8 Å². The Morgan fingerprint density at radius 3 is 2.50 bits per heavy atom. The molecule has 1 atom stereocenters. The van der Waals surface area contributed by atoms with E-state index < -0.39 is 0 Å². The quantitative estimate of drug-likeness (QED) is 0.675. The average Bonchev–Trinajstić information content (AvgIpc) is 2.98. The summed E-state index contributed by atoms with van der Waals surface area (Å²) in [6.45, 7) is 2.40. The van der Waals surface area contributed by atoms with Gasteiger partial charge in [0.05, 0.1) is 13.2 Å². The molecule has 4 nitrogen and oxygen atoms in total. The van der Waals surface area contributed by atoms with Gasteiger partial charge in [-0.25, -0.2) is 0 Å². The number of hydrogen-bond acceptors (Lipinski definition) is 3. The van der Waals surface area contributed by atoms with Crippen LogP contribution in [0.2, 0.25) is 0 Å². The summed E-state index contributed by atoms with van der Waals surface area (Å²) in [5, 5.41) is 8.91. The Kier molecular flexibility index (Phi) is 3.89. The summed E-state index contributed by atoms with van der Waals surface area (Å²) in [4.78, 5) is 15.4. The van der Waals surface area contributed by atoms with Gasteiger partial charge in [-0.3, -0.25) is 9.69 Å². The van der Waals surface area contributed by atoms with E-state index in [-0.39, 0.29) is 18.6 Å². The van der Waals surface area contributed by atoms with E-state index in [1.165, 1.54) is 0 Å². The number of rotatable bonds is 5. The van der Waals surface area contributed by atoms with Crippen molar-refractivity contribution in [1.29, 1.82) is 0 Å². The van der Waals surface area contributed by atoms with Crippen molar-refractivity contribution in [1.82, 2.24) is 9.80 Å². The molecule has 0 spiro atoms. The van der Waals surface area contributed by atoms with Crippen LogP contribution in [-0.4, -0.2) is 60.1 Å². The molecule has 1 aliphatic rings. The van der Waals surface area contributed by atoms with E-state index in [9.17, 15) is 4.79 Å². The first-order valence-electron chi connectivity index (χ1n) is 5.13. The molecule has 0 aliphatic heterocycles. The van der Waals surface area contributed by atoms with Crippen LogP contribution >= 0.6 is 0 Å². The summed E-state index contributed by atoms with van der Waals surface area (Å²) in [6.07, 6.45) is 2.28. The smallest absolute Gasteiger partial charge is 0.236 e. The molecule has 0 aromatic carbocycles. The lowest BCUT2D eigenvalue weighted by Gasteiger charge is -2.25. The molecule has 0 bridgehead atoms. The highest BCUT2D eigenvalue weighted by Crippen LogP contribution is 2.25. The fourth-order valence-electron chi connectivity index (χ4n) is 1.29. The number of aliphatic hydroxyl groups is 1. The first-order valence-corrected chi connectivity index (χ1v) is 5.13. The lowest BCUT2D eigenvalue weighted by molar-refractivity contribution is -0.131. The predicted molar refractivity (Wildman–Crippen MR) is 55.0 cm³/mol. The summed E-state index contributed by atoms with van der Waals surface area (Å²) < 4.78 is 0. The highest BCUT2D eigenvalue weighted by molar-refractivity contribution is 5.78. The minimum Gasteiger partial charge on any atom is -0.395 e. The SMILES string of the molecule is CC(CO)N(C)CC(=O)N(C)C1CC1. The predicted octanol–water partition coefficient (Wildman–Crippen LogP) is -0.0802. The fraction of sp³-hybridized carbons (Fsp3) is 0.900. The normalized spacial score (nSPS) is 18.4. The summed E-state index contributed by atoms with van der Waals surface area (Å²) in [5.74, 6) is 0.148. The van der Waals surface area contributed by atoms with Crippen molar-refractivity contribution in [3.63, 3.8) is 0 Å². The number of carbonyl (C=O) groups excluding carboxylic acids is 1. The van der Waals surface area contributed by atoms with E-state index in [4.69, 9.17) is 5.11 Å². The second-order valence-electron chi connectivity index (χ2n) is 4.18. The minimum atomic E-state index is 0.0477. The molecule has 14 heavy (non-hydrogen) atoms. The second kappa shape index (κ2) is 4.75. The van der Waals surface area contributed by atoms with E-state index in [1.54, 1.807) is 0 Å². The molecule has 1 N–H and O–H groups in total. The van der Waals surface area contributed by atoms with Gasteiger partial charge in [0.25, 0.3) is 0 Å². The first-order chi connectivity index (χ1) is 6.56. The molecule has 1 amide bonds. The van der Waals surface area contributed by atoms with Crippen molar-refractivity contribution in [3.8, 4) is 0 Å². The van der Waals surface area contributed by atoms with Crippen molar-refractivity contribution >= 4 is 5.91 Å². The number of amides is 1. The molecule has 82 valence electrons. The number of nitrogens with zero attached hydrogens (tertiary/aromatic N) is 2. The zero-order valence-corrected chi connectivity index (χ0v) is 9.23.